The van der Waals surface area contributed by atoms with Gasteiger partial charge in [-0.05, 0) is 59.8 Å². The molecule has 3 N–H and O–H groups in total. The van der Waals surface area contributed by atoms with Crippen LogP contribution in [0.4, 0.5) is 11.6 Å². The number of carbonyl (C=O) groups excluding carboxylic acids is 2. The van der Waals surface area contributed by atoms with Gasteiger partial charge in [0.05, 0.1) is 5.39 Å². The van der Waals surface area contributed by atoms with Gasteiger partial charge in [-0.25, -0.2) is 15.0 Å². The number of nitrogens with two attached hydrogens (primary N) is 1. The second kappa shape index (κ2) is 7.05. The van der Waals surface area contributed by atoms with Crippen LogP contribution >= 0.6 is 15.9 Å². The molecule has 1 saturated carbocycles. The minimum Gasteiger partial charge on any atom is -0.383 e. The van der Waals surface area contributed by atoms with Crippen molar-refractivity contribution in [2.24, 2.45) is 5.92 Å². The number of hydrogen-bond donors (Lipinski definition) is 2. The third kappa shape index (κ3) is 3.20. The summed E-state index contributed by atoms with van der Waals surface area (Å²) in [6.45, 7) is 2.01. The fourth-order valence-electron chi connectivity index (χ4n) is 4.36. The van der Waals surface area contributed by atoms with E-state index in [1.165, 1.54) is 6.33 Å². The number of amides is 2. The van der Waals surface area contributed by atoms with E-state index >= 15 is 0 Å². The lowest BCUT2D eigenvalue weighted by molar-refractivity contribution is -0.138. The summed E-state index contributed by atoms with van der Waals surface area (Å²) in [7, 11) is 0. The predicted octanol–water partition coefficient (Wildman–Crippen LogP) is 2.11. The molecule has 9 nitrogen and oxygen atoms in total. The molecule has 1 aliphatic carbocycles. The number of aromatic nitrogens is 4. The van der Waals surface area contributed by atoms with Crippen molar-refractivity contribution in [3.05, 3.63) is 40.9 Å². The molecule has 0 aromatic carbocycles. The maximum Gasteiger partial charge on any atom is 0.248 e. The summed E-state index contributed by atoms with van der Waals surface area (Å²) in [5.74, 6) is 0.931. The second-order valence-corrected chi connectivity index (χ2v) is 8.63. The van der Waals surface area contributed by atoms with Crippen molar-refractivity contribution < 1.29 is 9.59 Å². The summed E-state index contributed by atoms with van der Waals surface area (Å²) in [5.41, 5.74) is 7.44. The Morgan fingerprint density at radius 1 is 1.30 bits per heavy atom. The van der Waals surface area contributed by atoms with Crippen LogP contribution in [0.1, 0.15) is 18.5 Å². The molecule has 10 heteroatoms. The van der Waals surface area contributed by atoms with Crippen molar-refractivity contribution in [3.63, 3.8) is 0 Å². The Bertz CT molecular complexity index is 1180. The number of nitrogen functional groups attached to an aromatic ring is 1. The first-order valence-electron chi connectivity index (χ1n) is 9.73. The monoisotopic (exact) mass is 469 g/mol. The number of carbonyl (C=O) groups is 2. The molecule has 30 heavy (non-hydrogen) atoms. The molecule has 2 amide bonds. The van der Waals surface area contributed by atoms with Crippen molar-refractivity contribution in [1.82, 2.24) is 24.4 Å². The number of nitrogens with one attached hydrogen (secondary N) is 1. The third-order valence-electron chi connectivity index (χ3n) is 5.88. The van der Waals surface area contributed by atoms with Crippen LogP contribution in [0.3, 0.4) is 0 Å². The zero-order chi connectivity index (χ0) is 21.0. The van der Waals surface area contributed by atoms with Gasteiger partial charge in [0.1, 0.15) is 40.8 Å². The van der Waals surface area contributed by atoms with Gasteiger partial charge in [0.25, 0.3) is 0 Å². The molecule has 0 radical (unpaired) electrons. The fraction of sp³-hybridized carbons (Fsp3) is 0.350. The number of nitrogens with zero attached hydrogens (tertiary/aromatic N) is 5. The van der Waals surface area contributed by atoms with Crippen LogP contribution in [-0.2, 0) is 16.1 Å². The SMILES string of the molecule is Cc1cc2c(N)ncnc2n1CC(=O)N1C2C[C@@H]2C[C@H]1C(=O)Nc1cccc(Br)n1. The van der Waals surface area contributed by atoms with E-state index in [0.29, 0.717) is 34.2 Å². The number of aryl methyl sites for hydroxylation is 1. The Balaban J connectivity index is 1.38. The number of piperidine rings is 1. The number of likely N-dealkylation sites (tertiary alicyclic amines) is 1. The summed E-state index contributed by atoms with van der Waals surface area (Å²) >= 11 is 3.30. The first-order chi connectivity index (χ1) is 14.4. The highest BCUT2D eigenvalue weighted by Gasteiger charge is 2.56. The summed E-state index contributed by atoms with van der Waals surface area (Å²) in [6, 6.07) is 6.83. The van der Waals surface area contributed by atoms with E-state index in [9.17, 15) is 9.59 Å². The standard InChI is InChI=1S/C20H20BrN7O2/c1-10-5-12-18(22)23-9-24-19(12)27(10)8-17(29)28-13-6-11(13)7-14(28)20(30)26-16-4-2-3-15(21)25-16/h2-5,9,11,13-14H,6-8H2,1H3,(H2,22,23,24)(H,25,26,30)/t11-,13?,14+/m1/s1. The zero-order valence-corrected chi connectivity index (χ0v) is 17.8. The van der Waals surface area contributed by atoms with E-state index in [1.807, 2.05) is 17.6 Å². The lowest BCUT2D eigenvalue weighted by atomic mass is 10.1. The lowest BCUT2D eigenvalue weighted by Gasteiger charge is -2.27. The van der Waals surface area contributed by atoms with Crippen LogP contribution in [0.15, 0.2) is 35.2 Å². The molecule has 0 bridgehead atoms. The Hall–Kier alpha value is -3.01. The molecule has 2 fully saturated rings. The van der Waals surface area contributed by atoms with Gasteiger partial charge in [-0.3, -0.25) is 9.59 Å². The van der Waals surface area contributed by atoms with Gasteiger partial charge in [-0.1, -0.05) is 6.07 Å². The maximum absolute atomic E-state index is 13.3. The quantitative estimate of drug-likeness (QED) is 0.564. The smallest absolute Gasteiger partial charge is 0.248 e. The topological polar surface area (TPSA) is 119 Å². The van der Waals surface area contributed by atoms with Crippen molar-refractivity contribution in [3.8, 4) is 0 Å². The molecule has 3 atom stereocenters. The first-order valence-corrected chi connectivity index (χ1v) is 10.5. The third-order valence-corrected chi connectivity index (χ3v) is 6.32. The number of rotatable bonds is 4. The van der Waals surface area contributed by atoms with Crippen molar-refractivity contribution in [1.29, 1.82) is 0 Å². The second-order valence-electron chi connectivity index (χ2n) is 7.82. The molecular formula is C20H20BrN7O2. The van der Waals surface area contributed by atoms with Gasteiger partial charge in [-0.2, -0.15) is 0 Å². The van der Waals surface area contributed by atoms with Gasteiger partial charge in [0.2, 0.25) is 11.8 Å². The molecular weight excluding hydrogens is 450 g/mol. The maximum atomic E-state index is 13.3. The molecule has 1 saturated heterocycles. The van der Waals surface area contributed by atoms with E-state index in [-0.39, 0.29) is 24.4 Å². The normalized spacial score (nSPS) is 22.2. The number of anilines is 2. The van der Waals surface area contributed by atoms with E-state index in [4.69, 9.17) is 5.73 Å². The molecule has 4 heterocycles. The molecule has 0 spiro atoms. The predicted molar refractivity (Wildman–Crippen MR) is 114 cm³/mol. The van der Waals surface area contributed by atoms with Gasteiger partial charge in [-0.15, -0.1) is 0 Å². The Labute approximate surface area is 180 Å². The van der Waals surface area contributed by atoms with Crippen LogP contribution in [-0.4, -0.2) is 48.3 Å². The van der Waals surface area contributed by atoms with E-state index in [1.54, 1.807) is 23.1 Å². The minimum absolute atomic E-state index is 0.0971. The number of pyridine rings is 1. The van der Waals surface area contributed by atoms with Gasteiger partial charge >= 0.3 is 0 Å². The first kappa shape index (κ1) is 19.0. The highest BCUT2D eigenvalue weighted by Crippen LogP contribution is 2.48. The average Bonchev–Trinajstić information content (AvgIpc) is 3.24. The van der Waals surface area contributed by atoms with E-state index in [0.717, 1.165) is 17.5 Å². The van der Waals surface area contributed by atoms with Gasteiger partial charge < -0.3 is 20.5 Å². The average molecular weight is 470 g/mol. The summed E-state index contributed by atoms with van der Waals surface area (Å²) in [6.07, 6.45) is 3.02. The number of halogens is 1. The van der Waals surface area contributed by atoms with Crippen molar-refractivity contribution in [2.75, 3.05) is 11.1 Å². The Morgan fingerprint density at radius 2 is 2.13 bits per heavy atom. The van der Waals surface area contributed by atoms with Crippen LogP contribution < -0.4 is 11.1 Å². The van der Waals surface area contributed by atoms with E-state index in [2.05, 4.69) is 36.2 Å². The van der Waals surface area contributed by atoms with Crippen molar-refractivity contribution >= 4 is 50.4 Å². The molecule has 5 rings (SSSR count). The number of hydrogen-bond acceptors (Lipinski definition) is 6. The van der Waals surface area contributed by atoms with Crippen LogP contribution in [0.2, 0.25) is 0 Å². The summed E-state index contributed by atoms with van der Waals surface area (Å²) < 4.78 is 2.47. The largest absolute Gasteiger partial charge is 0.383 e. The highest BCUT2D eigenvalue weighted by molar-refractivity contribution is 9.10. The van der Waals surface area contributed by atoms with Crippen molar-refractivity contribution in [2.45, 2.75) is 38.4 Å². The van der Waals surface area contributed by atoms with E-state index < -0.39 is 6.04 Å². The molecule has 2 aliphatic rings. The van der Waals surface area contributed by atoms with Gasteiger partial charge in [0, 0.05) is 11.7 Å². The summed E-state index contributed by atoms with van der Waals surface area (Å²) in [5, 5.41) is 3.57. The molecule has 1 unspecified atom stereocenters. The van der Waals surface area contributed by atoms with Crippen LogP contribution in [0.25, 0.3) is 11.0 Å². The molecule has 3 aromatic rings. The Morgan fingerprint density at radius 3 is 2.93 bits per heavy atom. The number of fused-ring (bicyclic) bond motifs is 2. The fourth-order valence-corrected chi connectivity index (χ4v) is 4.70. The minimum atomic E-state index is -0.496. The Kier molecular flexibility index (Phi) is 4.46. The summed E-state index contributed by atoms with van der Waals surface area (Å²) in [4.78, 5) is 40.5. The molecule has 3 aromatic heterocycles. The van der Waals surface area contributed by atoms with Gasteiger partial charge in [0.15, 0.2) is 0 Å². The zero-order valence-electron chi connectivity index (χ0n) is 16.2. The molecule has 154 valence electrons. The molecule has 1 aliphatic heterocycles. The van der Waals surface area contributed by atoms with Crippen LogP contribution in [0, 0.1) is 12.8 Å². The van der Waals surface area contributed by atoms with Crippen LogP contribution in [0.5, 0.6) is 0 Å². The lowest BCUT2D eigenvalue weighted by Crippen LogP contribution is -2.46. The highest BCUT2D eigenvalue weighted by atomic mass is 79.9.